The Morgan fingerprint density at radius 2 is 1.48 bits per heavy atom. The lowest BCUT2D eigenvalue weighted by atomic mass is 9.80. The van der Waals surface area contributed by atoms with E-state index in [0.29, 0.717) is 25.3 Å². The zero-order valence-corrected chi connectivity index (χ0v) is 29.5. The molecule has 3 N–H and O–H groups in total. The van der Waals surface area contributed by atoms with Crippen LogP contribution in [0.3, 0.4) is 0 Å². The fourth-order valence-electron chi connectivity index (χ4n) is 8.11. The molecule has 0 radical (unpaired) electrons. The van der Waals surface area contributed by atoms with Crippen LogP contribution in [0.2, 0.25) is 0 Å². The first-order valence-corrected chi connectivity index (χ1v) is 18.4. The van der Waals surface area contributed by atoms with Gasteiger partial charge in [-0.05, 0) is 82.6 Å². The quantitative estimate of drug-likeness (QED) is 0.128. The van der Waals surface area contributed by atoms with Crippen molar-refractivity contribution in [1.82, 2.24) is 5.32 Å². The molecule has 0 aromatic heterocycles. The molecule has 7 rings (SSSR count). The van der Waals surface area contributed by atoms with Crippen LogP contribution >= 0.6 is 0 Å². The number of fused-ring (bicyclic) bond motifs is 2. The fraction of sp³-hybridized carbons (Fsp3) is 0.267. The number of rotatable bonds is 12. The monoisotopic (exact) mass is 690 g/mol. The number of benzene rings is 5. The van der Waals surface area contributed by atoms with Crippen molar-refractivity contribution in [3.05, 3.63) is 140 Å². The Balaban J connectivity index is 1.25. The van der Waals surface area contributed by atoms with Crippen LogP contribution in [0.15, 0.2) is 134 Å². The third kappa shape index (κ3) is 7.49. The Labute approximate surface area is 306 Å². The predicted octanol–water partition coefficient (Wildman–Crippen LogP) is 8.55. The molecule has 1 heterocycles. The van der Waals surface area contributed by atoms with E-state index < -0.39 is 23.8 Å². The number of allylic oxidation sites excluding steroid dienone is 1. The molecule has 1 aliphatic carbocycles. The number of anilines is 3. The van der Waals surface area contributed by atoms with Crippen molar-refractivity contribution in [1.29, 1.82) is 0 Å². The van der Waals surface area contributed by atoms with Crippen molar-refractivity contribution in [2.75, 3.05) is 16.3 Å². The molecule has 5 aromatic rings. The van der Waals surface area contributed by atoms with Crippen LogP contribution in [-0.4, -0.2) is 30.3 Å². The molecular formula is C45H46N4O3. The van der Waals surface area contributed by atoms with Gasteiger partial charge in [0.05, 0.1) is 36.3 Å². The Morgan fingerprint density at radius 3 is 2.23 bits per heavy atom. The Bertz CT molecular complexity index is 2070. The summed E-state index contributed by atoms with van der Waals surface area (Å²) in [4.78, 5) is 46.0. The highest BCUT2D eigenvalue weighted by atomic mass is 16.2. The molecule has 2 aliphatic rings. The molecule has 3 atom stereocenters. The topological polar surface area (TPSA) is 95.7 Å². The van der Waals surface area contributed by atoms with Crippen molar-refractivity contribution >= 4 is 45.6 Å². The summed E-state index contributed by atoms with van der Waals surface area (Å²) in [7, 11) is 0. The molecule has 5 aromatic carbocycles. The van der Waals surface area contributed by atoms with Crippen LogP contribution in [0, 0.1) is 17.8 Å². The number of primary amides is 1. The number of nitrogens with zero attached hydrogens (tertiary/aromatic N) is 2. The van der Waals surface area contributed by atoms with E-state index in [1.807, 2.05) is 78.9 Å². The summed E-state index contributed by atoms with van der Waals surface area (Å²) < 4.78 is 0. The third-order valence-electron chi connectivity index (χ3n) is 10.8. The van der Waals surface area contributed by atoms with E-state index in [-0.39, 0.29) is 18.4 Å². The predicted molar refractivity (Wildman–Crippen MR) is 210 cm³/mol. The highest BCUT2D eigenvalue weighted by Crippen LogP contribution is 2.39. The van der Waals surface area contributed by atoms with Gasteiger partial charge in [0.2, 0.25) is 11.8 Å². The molecule has 0 bridgehead atoms. The SMILES string of the molecule is C=CC[C@H](C(N)=O)[C@@H](CC1CCCC1)C(=O)NC1CN(c2ccccc2)c2ccccc2N(Cc2cccc(-c3ccc4ccccc4c3)c2)C1=O. The normalized spacial score (nSPS) is 17.3. The van der Waals surface area contributed by atoms with Gasteiger partial charge < -0.3 is 20.9 Å². The molecule has 1 aliphatic heterocycles. The maximum absolute atomic E-state index is 14.9. The lowest BCUT2D eigenvalue weighted by molar-refractivity contribution is -0.135. The Morgan fingerprint density at radius 1 is 0.788 bits per heavy atom. The smallest absolute Gasteiger partial charge is 0.251 e. The van der Waals surface area contributed by atoms with Gasteiger partial charge in [-0.3, -0.25) is 14.4 Å². The first-order chi connectivity index (χ1) is 25.4. The summed E-state index contributed by atoms with van der Waals surface area (Å²) in [5, 5.41) is 5.52. The van der Waals surface area contributed by atoms with Crippen molar-refractivity contribution in [3.63, 3.8) is 0 Å². The number of hydrogen-bond donors (Lipinski definition) is 2. The maximum atomic E-state index is 14.9. The Hall–Kier alpha value is -5.69. The van der Waals surface area contributed by atoms with Gasteiger partial charge in [-0.25, -0.2) is 0 Å². The summed E-state index contributed by atoms with van der Waals surface area (Å²) in [6, 6.07) is 40.0. The van der Waals surface area contributed by atoms with E-state index in [0.717, 1.165) is 59.4 Å². The van der Waals surface area contributed by atoms with E-state index in [2.05, 4.69) is 59.3 Å². The van der Waals surface area contributed by atoms with Crippen LogP contribution in [0.1, 0.15) is 44.1 Å². The number of nitrogens with one attached hydrogen (secondary N) is 1. The Kier molecular flexibility index (Phi) is 10.5. The van der Waals surface area contributed by atoms with Crippen LogP contribution in [-0.2, 0) is 20.9 Å². The molecule has 7 nitrogen and oxygen atoms in total. The van der Waals surface area contributed by atoms with Gasteiger partial charge in [-0.2, -0.15) is 0 Å². The highest BCUT2D eigenvalue weighted by molar-refractivity contribution is 6.04. The molecule has 52 heavy (non-hydrogen) atoms. The van der Waals surface area contributed by atoms with Crippen molar-refractivity contribution < 1.29 is 14.4 Å². The zero-order valence-electron chi connectivity index (χ0n) is 29.5. The minimum absolute atomic E-state index is 0.214. The lowest BCUT2D eigenvalue weighted by Crippen LogP contribution is -2.54. The first-order valence-electron chi connectivity index (χ1n) is 18.4. The average molecular weight is 691 g/mol. The number of hydrogen-bond acceptors (Lipinski definition) is 4. The van der Waals surface area contributed by atoms with Gasteiger partial charge in [0, 0.05) is 5.69 Å². The minimum Gasteiger partial charge on any atom is -0.369 e. The second kappa shape index (κ2) is 15.7. The summed E-state index contributed by atoms with van der Waals surface area (Å²) in [6.45, 7) is 4.37. The number of para-hydroxylation sites is 3. The van der Waals surface area contributed by atoms with Crippen LogP contribution < -0.4 is 20.9 Å². The van der Waals surface area contributed by atoms with E-state index in [4.69, 9.17) is 5.73 Å². The molecule has 1 saturated carbocycles. The van der Waals surface area contributed by atoms with Gasteiger partial charge in [0.25, 0.3) is 5.91 Å². The van der Waals surface area contributed by atoms with Crippen LogP contribution in [0.5, 0.6) is 0 Å². The number of carbonyl (C=O) groups is 3. The zero-order chi connectivity index (χ0) is 36.0. The van der Waals surface area contributed by atoms with Gasteiger partial charge in [0.15, 0.2) is 0 Å². The van der Waals surface area contributed by atoms with Crippen molar-refractivity contribution in [2.45, 2.75) is 51.1 Å². The van der Waals surface area contributed by atoms with E-state index >= 15 is 0 Å². The van der Waals surface area contributed by atoms with E-state index in [1.54, 1.807) is 11.0 Å². The van der Waals surface area contributed by atoms with Crippen LogP contribution in [0.25, 0.3) is 21.9 Å². The van der Waals surface area contributed by atoms with Crippen LogP contribution in [0.4, 0.5) is 17.1 Å². The molecule has 3 amide bonds. The molecule has 0 saturated heterocycles. The first kappa shape index (κ1) is 34.7. The fourth-order valence-corrected chi connectivity index (χ4v) is 8.11. The molecular weight excluding hydrogens is 645 g/mol. The van der Waals surface area contributed by atoms with Gasteiger partial charge in [-0.1, -0.05) is 117 Å². The van der Waals surface area contributed by atoms with Crippen molar-refractivity contribution in [3.8, 4) is 11.1 Å². The van der Waals surface area contributed by atoms with Gasteiger partial charge >= 0.3 is 0 Å². The molecule has 1 fully saturated rings. The number of nitrogens with two attached hydrogens (primary N) is 1. The summed E-state index contributed by atoms with van der Waals surface area (Å²) in [6.07, 6.45) is 6.79. The van der Waals surface area contributed by atoms with E-state index in [1.165, 1.54) is 10.8 Å². The highest BCUT2D eigenvalue weighted by Gasteiger charge is 2.39. The molecule has 7 heteroatoms. The largest absolute Gasteiger partial charge is 0.369 e. The summed E-state index contributed by atoms with van der Waals surface area (Å²) in [5.41, 5.74) is 11.6. The minimum atomic E-state index is -0.896. The van der Waals surface area contributed by atoms with Gasteiger partial charge in [-0.15, -0.1) is 6.58 Å². The summed E-state index contributed by atoms with van der Waals surface area (Å²) >= 11 is 0. The molecule has 0 spiro atoms. The molecule has 264 valence electrons. The average Bonchev–Trinajstić information content (AvgIpc) is 3.67. The number of carbonyl (C=O) groups excluding carboxylic acids is 3. The second-order valence-electron chi connectivity index (χ2n) is 14.2. The standard InChI is InChI=1S/C45H46N4O3/c1-2-13-38(43(46)50)39(27-31-14-6-7-15-31)44(51)47-40-30-48(37-20-4-3-5-21-37)41-22-10-11-23-42(41)49(45(40)52)29-32-16-12-19-34(26-32)36-25-24-33-17-8-9-18-35(33)28-36/h2-5,8-12,16-26,28,31,38-40H,1,6-7,13-15,27,29-30H2,(H2,46,50)(H,47,51)/t38-,39+,40?/m0/s1. The number of amides is 3. The third-order valence-corrected chi connectivity index (χ3v) is 10.8. The second-order valence-corrected chi connectivity index (χ2v) is 14.2. The maximum Gasteiger partial charge on any atom is 0.251 e. The van der Waals surface area contributed by atoms with Crippen molar-refractivity contribution in [2.24, 2.45) is 23.5 Å². The molecule has 1 unspecified atom stereocenters. The summed E-state index contributed by atoms with van der Waals surface area (Å²) in [5.74, 6) is -2.06. The lowest BCUT2D eigenvalue weighted by Gasteiger charge is -2.30. The van der Waals surface area contributed by atoms with Gasteiger partial charge in [0.1, 0.15) is 6.04 Å². The van der Waals surface area contributed by atoms with E-state index in [9.17, 15) is 14.4 Å².